The van der Waals surface area contributed by atoms with Crippen LogP contribution in [0.5, 0.6) is 5.75 Å². The van der Waals surface area contributed by atoms with E-state index in [9.17, 15) is 15.2 Å². The van der Waals surface area contributed by atoms with Crippen LogP contribution in [0.15, 0.2) is 45.8 Å². The molecule has 3 rings (SSSR count). The molecule has 1 heterocycles. The van der Waals surface area contributed by atoms with Gasteiger partial charge in [-0.2, -0.15) is 5.10 Å². The second kappa shape index (κ2) is 9.18. The van der Waals surface area contributed by atoms with Gasteiger partial charge in [0.15, 0.2) is 0 Å². The maximum absolute atomic E-state index is 11.1. The number of aromatic nitrogens is 1. The van der Waals surface area contributed by atoms with Crippen molar-refractivity contribution in [3.63, 3.8) is 0 Å². The van der Waals surface area contributed by atoms with Crippen LogP contribution >= 0.6 is 46.1 Å². The third kappa shape index (κ3) is 4.84. The molecule has 0 aliphatic carbocycles. The minimum absolute atomic E-state index is 0.000648. The van der Waals surface area contributed by atoms with Gasteiger partial charge in [-0.1, -0.05) is 34.8 Å². The van der Waals surface area contributed by atoms with Crippen LogP contribution in [-0.2, 0) is 0 Å². The Morgan fingerprint density at radius 3 is 2.57 bits per heavy atom. The number of nitro benzene ring substituents is 1. The molecular weight excluding hydrogens is 471 g/mol. The number of benzene rings is 2. The summed E-state index contributed by atoms with van der Waals surface area (Å²) in [7, 11) is 0. The van der Waals surface area contributed by atoms with E-state index >= 15 is 0 Å². The molecule has 11 heteroatoms. The summed E-state index contributed by atoms with van der Waals surface area (Å²) in [4.78, 5) is 15.6. The molecule has 0 aliphatic heterocycles. The number of hydrogen-bond donors (Lipinski definition) is 1. The van der Waals surface area contributed by atoms with Crippen molar-refractivity contribution in [1.29, 1.82) is 0 Å². The molecule has 0 unspecified atom stereocenters. The first-order valence-corrected chi connectivity index (χ1v) is 10.6. The fourth-order valence-corrected chi connectivity index (χ4v) is 4.25. The third-order valence-corrected chi connectivity index (χ3v) is 5.45. The molecule has 0 aliphatic rings. The summed E-state index contributed by atoms with van der Waals surface area (Å²) < 4.78 is 1.55. The molecule has 0 spiro atoms. The Morgan fingerprint density at radius 1 is 1.20 bits per heavy atom. The van der Waals surface area contributed by atoms with Gasteiger partial charge in [0, 0.05) is 38.7 Å². The molecule has 30 heavy (non-hydrogen) atoms. The van der Waals surface area contributed by atoms with Crippen molar-refractivity contribution >= 4 is 58.0 Å². The van der Waals surface area contributed by atoms with E-state index in [2.05, 4.69) is 10.1 Å². The minimum atomic E-state index is -0.714. The van der Waals surface area contributed by atoms with Crippen molar-refractivity contribution in [3.05, 3.63) is 71.3 Å². The summed E-state index contributed by atoms with van der Waals surface area (Å²) in [5.74, 6) is -0.530. The van der Waals surface area contributed by atoms with Gasteiger partial charge in [0.1, 0.15) is 0 Å². The van der Waals surface area contributed by atoms with Crippen molar-refractivity contribution < 1.29 is 10.0 Å². The molecule has 0 amide bonds. The summed E-state index contributed by atoms with van der Waals surface area (Å²) in [5.41, 5.74) is 0.915. The average Bonchev–Trinajstić information content (AvgIpc) is 3.03. The predicted molar refractivity (Wildman–Crippen MR) is 121 cm³/mol. The molecule has 0 fully saturated rings. The van der Waals surface area contributed by atoms with E-state index in [4.69, 9.17) is 34.8 Å². The number of halogens is 3. The van der Waals surface area contributed by atoms with Gasteiger partial charge < -0.3 is 5.11 Å². The predicted octanol–water partition coefficient (Wildman–Crippen LogP) is 5.98. The van der Waals surface area contributed by atoms with Crippen LogP contribution in [0.4, 0.5) is 5.69 Å². The highest BCUT2D eigenvalue weighted by Gasteiger charge is 2.18. The maximum Gasteiger partial charge on any atom is 0.312 e. The Kier molecular flexibility index (Phi) is 6.82. The first-order valence-electron chi connectivity index (χ1n) is 8.58. The molecule has 0 radical (unpaired) electrons. The molecule has 1 N–H and O–H groups in total. The first kappa shape index (κ1) is 22.3. The molecule has 2 aromatic carbocycles. The second-order valence-electron chi connectivity index (χ2n) is 6.43. The fourth-order valence-electron chi connectivity index (χ4n) is 2.57. The third-order valence-electron chi connectivity index (χ3n) is 3.85. The minimum Gasteiger partial charge on any atom is -0.502 e. The van der Waals surface area contributed by atoms with E-state index in [0.717, 1.165) is 6.07 Å². The van der Waals surface area contributed by atoms with Gasteiger partial charge in [-0.05, 0) is 38.1 Å². The summed E-state index contributed by atoms with van der Waals surface area (Å²) in [6.07, 6.45) is 1.29. The number of rotatable bonds is 5. The zero-order valence-corrected chi connectivity index (χ0v) is 18.8. The summed E-state index contributed by atoms with van der Waals surface area (Å²) in [6.45, 7) is 3.85. The van der Waals surface area contributed by atoms with Gasteiger partial charge in [-0.3, -0.25) is 15.1 Å². The van der Waals surface area contributed by atoms with E-state index in [-0.39, 0.29) is 16.6 Å². The number of phenols is 1. The molecule has 0 bridgehead atoms. The molecule has 0 atom stereocenters. The lowest BCUT2D eigenvalue weighted by Crippen LogP contribution is -2.14. The molecule has 156 valence electrons. The van der Waals surface area contributed by atoms with Crippen molar-refractivity contribution in [2.24, 2.45) is 10.1 Å². The normalized spacial score (nSPS) is 12.3. The van der Waals surface area contributed by atoms with Crippen LogP contribution in [0, 0.1) is 10.1 Å². The standard InChI is InChI=1S/C19H15Cl3N4O3S/c1-10(2)24-19-25(17(9-30-19)14-4-3-12(20)6-15(14)22)23-8-11-5-13(21)7-16(18(11)27)26(28)29/h3-10,27H,1-2H3. The van der Waals surface area contributed by atoms with Gasteiger partial charge >= 0.3 is 5.69 Å². The van der Waals surface area contributed by atoms with Crippen LogP contribution in [0.2, 0.25) is 15.1 Å². The summed E-state index contributed by atoms with van der Waals surface area (Å²) in [6, 6.07) is 7.55. The van der Waals surface area contributed by atoms with Crippen molar-refractivity contribution in [3.8, 4) is 17.0 Å². The van der Waals surface area contributed by atoms with Crippen LogP contribution in [-0.4, -0.2) is 27.0 Å². The lowest BCUT2D eigenvalue weighted by atomic mass is 10.2. The number of hydrogen-bond acceptors (Lipinski definition) is 6. The smallest absolute Gasteiger partial charge is 0.312 e. The highest BCUT2D eigenvalue weighted by molar-refractivity contribution is 7.07. The van der Waals surface area contributed by atoms with Crippen LogP contribution in [0.25, 0.3) is 11.3 Å². The fraction of sp³-hybridized carbons (Fsp3) is 0.158. The largest absolute Gasteiger partial charge is 0.502 e. The number of phenolic OH excluding ortho intramolecular Hbond substituents is 1. The van der Waals surface area contributed by atoms with Crippen molar-refractivity contribution in [2.75, 3.05) is 0 Å². The van der Waals surface area contributed by atoms with E-state index in [1.807, 2.05) is 19.2 Å². The lowest BCUT2D eigenvalue weighted by molar-refractivity contribution is -0.385. The molecule has 7 nitrogen and oxygen atoms in total. The lowest BCUT2D eigenvalue weighted by Gasteiger charge is -2.07. The summed E-state index contributed by atoms with van der Waals surface area (Å²) in [5, 5.41) is 28.6. The topological polar surface area (TPSA) is 93.0 Å². The number of nitro groups is 1. The molecular formula is C19H15Cl3N4O3S. The van der Waals surface area contributed by atoms with Gasteiger partial charge in [-0.25, -0.2) is 4.68 Å². The monoisotopic (exact) mass is 484 g/mol. The van der Waals surface area contributed by atoms with Gasteiger partial charge in [0.2, 0.25) is 10.6 Å². The van der Waals surface area contributed by atoms with E-state index in [1.54, 1.807) is 22.9 Å². The van der Waals surface area contributed by atoms with Crippen LogP contribution in [0.3, 0.4) is 0 Å². The molecule has 0 saturated heterocycles. The molecule has 1 aromatic heterocycles. The van der Waals surface area contributed by atoms with Crippen molar-refractivity contribution in [1.82, 2.24) is 4.68 Å². The number of nitrogens with zero attached hydrogens (tertiary/aromatic N) is 4. The van der Waals surface area contributed by atoms with Gasteiger partial charge in [0.05, 0.1) is 21.9 Å². The quantitative estimate of drug-likeness (QED) is 0.273. The maximum atomic E-state index is 11.1. The molecule has 0 saturated carbocycles. The summed E-state index contributed by atoms with van der Waals surface area (Å²) >= 11 is 19.7. The van der Waals surface area contributed by atoms with Crippen molar-refractivity contribution in [2.45, 2.75) is 19.9 Å². The van der Waals surface area contributed by atoms with Gasteiger partial charge in [-0.15, -0.1) is 11.3 Å². The first-order chi connectivity index (χ1) is 14.2. The van der Waals surface area contributed by atoms with Gasteiger partial charge in [0.25, 0.3) is 0 Å². The number of aromatic hydroxyl groups is 1. The Balaban J connectivity index is 2.18. The SMILES string of the molecule is CC(C)N=c1scc(-c2ccc(Cl)cc2Cl)n1N=Cc1cc(Cl)cc([N+](=O)[O-])c1O. The zero-order chi connectivity index (χ0) is 22.0. The molecule has 3 aromatic rings. The Bertz CT molecular complexity index is 1220. The Labute approximate surface area is 190 Å². The van der Waals surface area contributed by atoms with E-state index in [1.165, 1.54) is 23.6 Å². The van der Waals surface area contributed by atoms with Crippen LogP contribution < -0.4 is 4.80 Å². The second-order valence-corrected chi connectivity index (χ2v) is 8.54. The Hall–Kier alpha value is -2.39. The highest BCUT2D eigenvalue weighted by atomic mass is 35.5. The van der Waals surface area contributed by atoms with E-state index in [0.29, 0.717) is 26.1 Å². The Morgan fingerprint density at radius 2 is 1.93 bits per heavy atom. The highest BCUT2D eigenvalue weighted by Crippen LogP contribution is 2.33. The zero-order valence-electron chi connectivity index (χ0n) is 15.7. The van der Waals surface area contributed by atoms with E-state index < -0.39 is 16.4 Å². The number of thiazole rings is 1. The average molecular weight is 486 g/mol. The van der Waals surface area contributed by atoms with Crippen LogP contribution in [0.1, 0.15) is 19.4 Å².